The lowest BCUT2D eigenvalue weighted by molar-refractivity contribution is -0.0277. The monoisotopic (exact) mass is 305 g/mol. The van der Waals surface area contributed by atoms with Gasteiger partial charge in [0, 0.05) is 28.9 Å². The topological polar surface area (TPSA) is 58.6 Å². The van der Waals surface area contributed by atoms with Gasteiger partial charge in [-0.1, -0.05) is 13.8 Å². The van der Waals surface area contributed by atoms with Crippen molar-refractivity contribution in [1.29, 1.82) is 0 Å². The largest absolute Gasteiger partial charge is 0.389 e. The summed E-state index contributed by atoms with van der Waals surface area (Å²) < 4.78 is 17.0. The van der Waals surface area contributed by atoms with Crippen LogP contribution in [0.4, 0.5) is 0 Å². The second-order valence-electron chi connectivity index (χ2n) is 6.17. The van der Waals surface area contributed by atoms with Crippen molar-refractivity contribution in [1.82, 2.24) is 5.32 Å². The van der Waals surface area contributed by atoms with E-state index in [2.05, 4.69) is 12.2 Å². The molecule has 1 saturated carbocycles. The first kappa shape index (κ1) is 18.1. The van der Waals surface area contributed by atoms with E-state index in [1.807, 2.05) is 6.92 Å². The van der Waals surface area contributed by atoms with Crippen molar-refractivity contribution < 1.29 is 14.1 Å². The third-order valence-corrected chi connectivity index (χ3v) is 5.53. The zero-order chi connectivity index (χ0) is 15.0. The number of rotatable bonds is 9. The number of aliphatic hydroxyl groups is 1. The summed E-state index contributed by atoms with van der Waals surface area (Å²) in [5, 5.41) is 13.3. The maximum Gasteiger partial charge on any atom is 0.0897 e. The lowest BCUT2D eigenvalue weighted by atomic mass is 9.89. The van der Waals surface area contributed by atoms with Gasteiger partial charge in [0.2, 0.25) is 0 Å². The molecule has 0 aromatic carbocycles. The Morgan fingerprint density at radius 2 is 2.00 bits per heavy atom. The molecule has 1 aliphatic carbocycles. The SMILES string of the molecule is CC1CCC(OCC(O)CNCCC(C)S(C)=O)CC1. The van der Waals surface area contributed by atoms with Crippen molar-refractivity contribution in [2.45, 2.75) is 63.4 Å². The first-order valence-electron chi connectivity index (χ1n) is 7.81. The summed E-state index contributed by atoms with van der Waals surface area (Å²) in [4.78, 5) is 0. The van der Waals surface area contributed by atoms with E-state index in [1.165, 1.54) is 12.8 Å². The quantitative estimate of drug-likeness (QED) is 0.637. The molecule has 3 unspecified atom stereocenters. The molecule has 0 aliphatic heterocycles. The maximum atomic E-state index is 11.2. The number of hydrogen-bond donors (Lipinski definition) is 2. The van der Waals surface area contributed by atoms with E-state index in [1.54, 1.807) is 6.26 Å². The molecule has 0 saturated heterocycles. The van der Waals surface area contributed by atoms with E-state index >= 15 is 0 Å². The maximum absolute atomic E-state index is 11.2. The van der Waals surface area contributed by atoms with Crippen LogP contribution in [0, 0.1) is 5.92 Å². The average Bonchev–Trinajstić information content (AvgIpc) is 2.42. The summed E-state index contributed by atoms with van der Waals surface area (Å²) in [6.07, 6.45) is 7.23. The fraction of sp³-hybridized carbons (Fsp3) is 1.00. The van der Waals surface area contributed by atoms with Gasteiger partial charge in [0.1, 0.15) is 0 Å². The van der Waals surface area contributed by atoms with Gasteiger partial charge in [-0.2, -0.15) is 0 Å². The fourth-order valence-corrected chi connectivity index (χ4v) is 2.89. The Kier molecular flexibility index (Phi) is 8.93. The molecule has 4 nitrogen and oxygen atoms in total. The van der Waals surface area contributed by atoms with E-state index in [0.717, 1.165) is 31.7 Å². The molecule has 3 atom stereocenters. The molecule has 1 aliphatic rings. The van der Waals surface area contributed by atoms with Crippen LogP contribution in [0.2, 0.25) is 0 Å². The van der Waals surface area contributed by atoms with Gasteiger partial charge in [-0.3, -0.25) is 4.21 Å². The summed E-state index contributed by atoms with van der Waals surface area (Å²) in [6, 6.07) is 0. The molecule has 20 heavy (non-hydrogen) atoms. The molecule has 0 radical (unpaired) electrons. The van der Waals surface area contributed by atoms with E-state index in [0.29, 0.717) is 19.3 Å². The normalized spacial score (nSPS) is 28.0. The minimum Gasteiger partial charge on any atom is -0.389 e. The Balaban J connectivity index is 2.00. The van der Waals surface area contributed by atoms with E-state index in [9.17, 15) is 9.32 Å². The molecule has 0 bridgehead atoms. The number of aliphatic hydroxyl groups excluding tert-OH is 1. The Hall–Kier alpha value is 0.0300. The van der Waals surface area contributed by atoms with Gasteiger partial charge >= 0.3 is 0 Å². The van der Waals surface area contributed by atoms with Gasteiger partial charge < -0.3 is 15.2 Å². The standard InChI is InChI=1S/C15H31NO3S/c1-12-4-6-15(7-5-12)19-11-14(17)10-16-9-8-13(2)20(3)18/h12-17H,4-11H2,1-3H3. The Morgan fingerprint density at radius 1 is 1.35 bits per heavy atom. The number of ether oxygens (including phenoxy) is 1. The zero-order valence-electron chi connectivity index (χ0n) is 13.1. The molecule has 1 fully saturated rings. The van der Waals surface area contributed by atoms with Gasteiger partial charge in [-0.25, -0.2) is 0 Å². The van der Waals surface area contributed by atoms with Gasteiger partial charge in [-0.05, 0) is 44.6 Å². The van der Waals surface area contributed by atoms with E-state index in [4.69, 9.17) is 4.74 Å². The van der Waals surface area contributed by atoms with Crippen LogP contribution in [0.1, 0.15) is 46.0 Å². The summed E-state index contributed by atoms with van der Waals surface area (Å²) in [5.74, 6) is 0.826. The summed E-state index contributed by atoms with van der Waals surface area (Å²) >= 11 is 0. The molecule has 2 N–H and O–H groups in total. The van der Waals surface area contributed by atoms with Crippen LogP contribution < -0.4 is 5.32 Å². The van der Waals surface area contributed by atoms with Gasteiger partial charge in [0.15, 0.2) is 0 Å². The minimum absolute atomic E-state index is 0.208. The third kappa shape index (κ3) is 7.72. The predicted molar refractivity (Wildman–Crippen MR) is 84.4 cm³/mol. The second kappa shape index (κ2) is 9.87. The highest BCUT2D eigenvalue weighted by Crippen LogP contribution is 2.25. The number of hydrogen-bond acceptors (Lipinski definition) is 4. The Morgan fingerprint density at radius 3 is 2.60 bits per heavy atom. The fourth-order valence-electron chi connectivity index (χ4n) is 2.44. The first-order chi connectivity index (χ1) is 9.49. The lowest BCUT2D eigenvalue weighted by Crippen LogP contribution is -2.34. The molecule has 0 spiro atoms. The van der Waals surface area contributed by atoms with Gasteiger partial charge in [0.25, 0.3) is 0 Å². The van der Waals surface area contributed by atoms with Crippen LogP contribution in [-0.2, 0) is 15.5 Å². The zero-order valence-corrected chi connectivity index (χ0v) is 14.0. The van der Waals surface area contributed by atoms with E-state index < -0.39 is 16.9 Å². The molecule has 0 aromatic rings. The van der Waals surface area contributed by atoms with Gasteiger partial charge in [-0.15, -0.1) is 0 Å². The molecule has 0 amide bonds. The first-order valence-corrected chi connectivity index (χ1v) is 9.43. The smallest absolute Gasteiger partial charge is 0.0897 e. The lowest BCUT2D eigenvalue weighted by Gasteiger charge is -2.27. The summed E-state index contributed by atoms with van der Waals surface area (Å²) in [7, 11) is -0.761. The highest BCUT2D eigenvalue weighted by atomic mass is 32.2. The van der Waals surface area contributed by atoms with Crippen LogP contribution in [-0.4, -0.2) is 52.7 Å². The van der Waals surface area contributed by atoms with Crippen molar-refractivity contribution in [3.63, 3.8) is 0 Å². The van der Waals surface area contributed by atoms with Crippen LogP contribution in [0.15, 0.2) is 0 Å². The van der Waals surface area contributed by atoms with Crippen molar-refractivity contribution in [2.75, 3.05) is 26.0 Å². The van der Waals surface area contributed by atoms with Crippen molar-refractivity contribution in [2.24, 2.45) is 5.92 Å². The molecule has 0 heterocycles. The molecular weight excluding hydrogens is 274 g/mol. The van der Waals surface area contributed by atoms with Crippen LogP contribution in [0.25, 0.3) is 0 Å². The molecule has 120 valence electrons. The second-order valence-corrected chi connectivity index (χ2v) is 7.97. The Bertz CT molecular complexity index is 280. The summed E-state index contributed by atoms with van der Waals surface area (Å²) in [6.45, 7) is 6.03. The molecule has 5 heteroatoms. The van der Waals surface area contributed by atoms with Crippen molar-refractivity contribution in [3.8, 4) is 0 Å². The average molecular weight is 305 g/mol. The van der Waals surface area contributed by atoms with Crippen LogP contribution >= 0.6 is 0 Å². The van der Waals surface area contributed by atoms with Crippen LogP contribution in [0.3, 0.4) is 0 Å². The van der Waals surface area contributed by atoms with Crippen LogP contribution in [0.5, 0.6) is 0 Å². The highest BCUT2D eigenvalue weighted by Gasteiger charge is 2.19. The van der Waals surface area contributed by atoms with Crippen molar-refractivity contribution in [3.05, 3.63) is 0 Å². The van der Waals surface area contributed by atoms with Crippen molar-refractivity contribution >= 4 is 10.8 Å². The predicted octanol–water partition coefficient (Wildman–Crippen LogP) is 1.69. The molecule has 0 aromatic heterocycles. The number of nitrogens with one attached hydrogen (secondary N) is 1. The Labute approximate surface area is 126 Å². The molecule has 1 rings (SSSR count). The third-order valence-electron chi connectivity index (χ3n) is 4.16. The highest BCUT2D eigenvalue weighted by molar-refractivity contribution is 7.84. The molecular formula is C15H31NO3S. The van der Waals surface area contributed by atoms with Gasteiger partial charge in [0.05, 0.1) is 18.8 Å². The summed E-state index contributed by atoms with van der Waals surface area (Å²) in [5.41, 5.74) is 0. The minimum atomic E-state index is -0.761. The van der Waals surface area contributed by atoms with E-state index in [-0.39, 0.29) is 5.25 Å².